The molecule has 0 aromatic heterocycles. The highest BCUT2D eigenvalue weighted by molar-refractivity contribution is 6.30. The summed E-state index contributed by atoms with van der Waals surface area (Å²) in [5.74, 6) is -0.936. The summed E-state index contributed by atoms with van der Waals surface area (Å²) in [6.45, 7) is 0. The van der Waals surface area contributed by atoms with Gasteiger partial charge >= 0.3 is 0 Å². The summed E-state index contributed by atoms with van der Waals surface area (Å²) in [7, 11) is 0. The van der Waals surface area contributed by atoms with E-state index in [4.69, 9.17) is 11.6 Å². The Balaban J connectivity index is 1.92. The first-order valence-electron chi connectivity index (χ1n) is 6.52. The van der Waals surface area contributed by atoms with Gasteiger partial charge in [-0.1, -0.05) is 41.9 Å². The maximum atomic E-state index is 13.8. The van der Waals surface area contributed by atoms with Gasteiger partial charge in [-0.15, -0.1) is 0 Å². The first-order valence-corrected chi connectivity index (χ1v) is 6.90. The maximum absolute atomic E-state index is 13.8. The van der Waals surface area contributed by atoms with E-state index in [1.165, 1.54) is 6.07 Å². The number of carbonyl (C=O) groups is 1. The maximum Gasteiger partial charge on any atom is 0.248 e. The van der Waals surface area contributed by atoms with Gasteiger partial charge in [-0.2, -0.15) is 5.10 Å². The van der Waals surface area contributed by atoms with Crippen molar-refractivity contribution in [1.29, 1.82) is 0 Å². The Morgan fingerprint density at radius 1 is 1.14 bits per heavy atom. The molecule has 0 spiro atoms. The van der Waals surface area contributed by atoms with Crippen molar-refractivity contribution in [1.82, 2.24) is 5.43 Å². The van der Waals surface area contributed by atoms with Crippen molar-refractivity contribution >= 4 is 23.2 Å². The lowest BCUT2D eigenvalue weighted by molar-refractivity contribution is -0.122. The fourth-order valence-corrected chi connectivity index (χ4v) is 2.49. The van der Waals surface area contributed by atoms with Crippen LogP contribution in [0.2, 0.25) is 5.02 Å². The first-order chi connectivity index (χ1) is 10.1. The largest absolute Gasteiger partial charge is 0.272 e. The SMILES string of the molecule is O=C1NN=C(c2ccccc2F)C[C@H]1c1ccc(Cl)cc1. The average molecular weight is 303 g/mol. The van der Waals surface area contributed by atoms with E-state index in [0.29, 0.717) is 22.7 Å². The predicted octanol–water partition coefficient (Wildman–Crippen LogP) is 3.49. The Hall–Kier alpha value is -2.20. The van der Waals surface area contributed by atoms with Crippen molar-refractivity contribution in [2.24, 2.45) is 5.10 Å². The molecule has 3 rings (SSSR count). The smallest absolute Gasteiger partial charge is 0.248 e. The van der Waals surface area contributed by atoms with Crippen LogP contribution in [0.25, 0.3) is 0 Å². The van der Waals surface area contributed by atoms with Crippen molar-refractivity contribution in [2.75, 3.05) is 0 Å². The van der Waals surface area contributed by atoms with E-state index in [9.17, 15) is 9.18 Å². The number of hydrogen-bond acceptors (Lipinski definition) is 2. The Morgan fingerprint density at radius 3 is 2.57 bits per heavy atom. The number of halogens is 2. The molecule has 1 atom stereocenters. The van der Waals surface area contributed by atoms with E-state index >= 15 is 0 Å². The molecular formula is C16H12ClFN2O. The van der Waals surface area contributed by atoms with Crippen LogP contribution in [-0.4, -0.2) is 11.6 Å². The number of nitrogens with one attached hydrogen (secondary N) is 1. The van der Waals surface area contributed by atoms with E-state index in [1.54, 1.807) is 42.5 Å². The molecule has 3 nitrogen and oxygen atoms in total. The zero-order chi connectivity index (χ0) is 14.8. The summed E-state index contributed by atoms with van der Waals surface area (Å²) in [4.78, 5) is 12.0. The molecule has 0 bridgehead atoms. The third-order valence-corrected chi connectivity index (χ3v) is 3.72. The predicted molar refractivity (Wildman–Crippen MR) is 79.9 cm³/mol. The highest BCUT2D eigenvalue weighted by Gasteiger charge is 2.28. The number of hydrazone groups is 1. The molecule has 106 valence electrons. The lowest BCUT2D eigenvalue weighted by Crippen LogP contribution is -2.33. The summed E-state index contributed by atoms with van der Waals surface area (Å²) in [6.07, 6.45) is 0.356. The van der Waals surface area contributed by atoms with Crippen LogP contribution in [0.5, 0.6) is 0 Å². The van der Waals surface area contributed by atoms with Crippen LogP contribution in [0.3, 0.4) is 0 Å². The number of benzene rings is 2. The van der Waals surface area contributed by atoms with E-state index < -0.39 is 5.92 Å². The third kappa shape index (κ3) is 2.81. The molecule has 0 saturated heterocycles. The third-order valence-electron chi connectivity index (χ3n) is 3.47. The van der Waals surface area contributed by atoms with Crippen molar-refractivity contribution in [2.45, 2.75) is 12.3 Å². The highest BCUT2D eigenvalue weighted by atomic mass is 35.5. The highest BCUT2D eigenvalue weighted by Crippen LogP contribution is 2.27. The van der Waals surface area contributed by atoms with Gasteiger partial charge in [0.25, 0.3) is 0 Å². The molecule has 1 N–H and O–H groups in total. The molecule has 0 saturated carbocycles. The van der Waals surface area contributed by atoms with Gasteiger partial charge in [-0.25, -0.2) is 9.82 Å². The summed E-state index contributed by atoms with van der Waals surface area (Å²) < 4.78 is 13.8. The van der Waals surface area contributed by atoms with Crippen LogP contribution < -0.4 is 5.43 Å². The van der Waals surface area contributed by atoms with Crippen LogP contribution in [0.4, 0.5) is 4.39 Å². The second kappa shape index (κ2) is 5.66. The number of carbonyl (C=O) groups excluding carboxylic acids is 1. The molecule has 1 amide bonds. The number of rotatable bonds is 2. The molecule has 0 radical (unpaired) electrons. The first kappa shape index (κ1) is 13.8. The molecule has 21 heavy (non-hydrogen) atoms. The van der Waals surface area contributed by atoms with Crippen molar-refractivity contribution in [3.05, 3.63) is 70.5 Å². The van der Waals surface area contributed by atoms with Gasteiger partial charge < -0.3 is 0 Å². The molecule has 1 aliphatic heterocycles. The van der Waals surface area contributed by atoms with Gasteiger partial charge in [0, 0.05) is 17.0 Å². The van der Waals surface area contributed by atoms with Crippen LogP contribution in [0.15, 0.2) is 53.6 Å². The summed E-state index contributed by atoms with van der Waals surface area (Å²) in [5.41, 5.74) is 4.25. The van der Waals surface area contributed by atoms with Gasteiger partial charge in [0.15, 0.2) is 0 Å². The summed E-state index contributed by atoms with van der Waals surface area (Å²) >= 11 is 5.86. The lowest BCUT2D eigenvalue weighted by atomic mass is 9.89. The average Bonchev–Trinajstić information content (AvgIpc) is 2.50. The number of hydrogen-bond donors (Lipinski definition) is 1. The Kier molecular flexibility index (Phi) is 3.71. The van der Waals surface area contributed by atoms with Gasteiger partial charge in [0.05, 0.1) is 11.6 Å². The van der Waals surface area contributed by atoms with Crippen LogP contribution >= 0.6 is 11.6 Å². The normalized spacial score (nSPS) is 18.1. The van der Waals surface area contributed by atoms with E-state index in [1.807, 2.05) is 0 Å². The monoisotopic (exact) mass is 302 g/mol. The van der Waals surface area contributed by atoms with Crippen LogP contribution in [0.1, 0.15) is 23.5 Å². The molecule has 2 aromatic rings. The molecule has 1 heterocycles. The lowest BCUT2D eigenvalue weighted by Gasteiger charge is -2.22. The minimum Gasteiger partial charge on any atom is -0.272 e. The second-order valence-electron chi connectivity index (χ2n) is 4.82. The number of nitrogens with zero attached hydrogens (tertiary/aromatic N) is 1. The number of amides is 1. The Bertz CT molecular complexity index is 712. The van der Waals surface area contributed by atoms with Gasteiger partial charge in [0.2, 0.25) is 5.91 Å². The molecular weight excluding hydrogens is 291 g/mol. The molecule has 0 aliphatic carbocycles. The summed E-state index contributed by atoms with van der Waals surface area (Å²) in [6, 6.07) is 13.5. The molecule has 2 aromatic carbocycles. The van der Waals surface area contributed by atoms with Gasteiger partial charge in [-0.05, 0) is 23.8 Å². The van der Waals surface area contributed by atoms with Gasteiger partial charge in [0.1, 0.15) is 5.82 Å². The molecule has 5 heteroatoms. The van der Waals surface area contributed by atoms with Crippen molar-refractivity contribution in [3.63, 3.8) is 0 Å². The van der Waals surface area contributed by atoms with Gasteiger partial charge in [-0.3, -0.25) is 4.79 Å². The Labute approximate surface area is 126 Å². The molecule has 0 fully saturated rings. The van der Waals surface area contributed by atoms with Crippen LogP contribution in [0, 0.1) is 5.82 Å². The van der Waals surface area contributed by atoms with Crippen molar-refractivity contribution < 1.29 is 9.18 Å². The van der Waals surface area contributed by atoms with Crippen LogP contribution in [-0.2, 0) is 4.79 Å². The Morgan fingerprint density at radius 2 is 1.86 bits per heavy atom. The second-order valence-corrected chi connectivity index (χ2v) is 5.26. The minimum atomic E-state index is -0.394. The molecule has 1 aliphatic rings. The van der Waals surface area contributed by atoms with E-state index in [2.05, 4.69) is 10.5 Å². The zero-order valence-electron chi connectivity index (χ0n) is 11.0. The quantitative estimate of drug-likeness (QED) is 0.906. The fraction of sp³-hybridized carbons (Fsp3) is 0.125. The zero-order valence-corrected chi connectivity index (χ0v) is 11.8. The van der Waals surface area contributed by atoms with E-state index in [-0.39, 0.29) is 11.7 Å². The topological polar surface area (TPSA) is 41.5 Å². The summed E-state index contributed by atoms with van der Waals surface area (Å²) in [5, 5.41) is 4.60. The minimum absolute atomic E-state index is 0.197. The van der Waals surface area contributed by atoms with Crippen molar-refractivity contribution in [3.8, 4) is 0 Å². The van der Waals surface area contributed by atoms with E-state index in [0.717, 1.165) is 5.56 Å². The fourth-order valence-electron chi connectivity index (χ4n) is 2.36. The standard InChI is InChI=1S/C16H12ClFN2O/c17-11-7-5-10(6-8-11)13-9-15(19-20-16(13)21)12-3-1-2-4-14(12)18/h1-8,13H,9H2,(H,20,21)/t13-/m0/s1. The molecule has 0 unspecified atom stereocenters.